The second-order valence-electron chi connectivity index (χ2n) is 5.08. The summed E-state index contributed by atoms with van der Waals surface area (Å²) in [4.78, 5) is 0. The van der Waals surface area contributed by atoms with Crippen molar-refractivity contribution in [2.45, 2.75) is 20.3 Å². The maximum atomic E-state index is 5.84. The minimum Gasteiger partial charge on any atom is -0.330 e. The van der Waals surface area contributed by atoms with Crippen LogP contribution in [0.25, 0.3) is 0 Å². The minimum atomic E-state index is 0.723. The molecule has 6 atom stereocenters. The number of fused-ring (bicyclic) bond motifs is 2. The molecule has 0 aromatic rings. The van der Waals surface area contributed by atoms with E-state index in [1.54, 1.807) is 0 Å². The SMILES string of the molecule is CC1C(C)C2CC1C(CN)C2CN. The molecule has 2 aliphatic carbocycles. The van der Waals surface area contributed by atoms with Gasteiger partial charge in [-0.05, 0) is 55.0 Å². The molecule has 6 unspecified atom stereocenters. The molecule has 13 heavy (non-hydrogen) atoms. The maximum absolute atomic E-state index is 5.84. The molecule has 2 heteroatoms. The predicted molar refractivity (Wildman–Crippen MR) is 55.0 cm³/mol. The van der Waals surface area contributed by atoms with Gasteiger partial charge in [-0.2, -0.15) is 0 Å². The molecule has 0 radical (unpaired) electrons. The van der Waals surface area contributed by atoms with Crippen molar-refractivity contribution >= 4 is 0 Å². The molecule has 0 saturated heterocycles. The molecule has 2 fully saturated rings. The van der Waals surface area contributed by atoms with Crippen LogP contribution in [-0.2, 0) is 0 Å². The van der Waals surface area contributed by atoms with E-state index in [0.29, 0.717) is 0 Å². The van der Waals surface area contributed by atoms with Crippen LogP contribution in [0.1, 0.15) is 20.3 Å². The standard InChI is InChI=1S/C11H22N2/c1-6-7(2)9-3-8(6)10(4-12)11(9)5-13/h6-11H,3-5,12-13H2,1-2H3. The lowest BCUT2D eigenvalue weighted by Gasteiger charge is -2.37. The largest absolute Gasteiger partial charge is 0.330 e. The average molecular weight is 182 g/mol. The third-order valence-electron chi connectivity index (χ3n) is 4.92. The Morgan fingerprint density at radius 1 is 0.923 bits per heavy atom. The highest BCUT2D eigenvalue weighted by atomic mass is 14.7. The summed E-state index contributed by atoms with van der Waals surface area (Å²) >= 11 is 0. The van der Waals surface area contributed by atoms with Gasteiger partial charge in [-0.25, -0.2) is 0 Å². The second kappa shape index (κ2) is 3.25. The predicted octanol–water partition coefficient (Wildman–Crippen LogP) is 1.06. The first-order valence-corrected chi connectivity index (χ1v) is 5.60. The van der Waals surface area contributed by atoms with Gasteiger partial charge < -0.3 is 11.5 Å². The Morgan fingerprint density at radius 2 is 1.31 bits per heavy atom. The fourth-order valence-electron chi connectivity index (χ4n) is 3.99. The number of hydrogen-bond donors (Lipinski definition) is 2. The fourth-order valence-corrected chi connectivity index (χ4v) is 3.99. The van der Waals surface area contributed by atoms with Crippen LogP contribution in [0.4, 0.5) is 0 Å². The van der Waals surface area contributed by atoms with Crippen molar-refractivity contribution in [3.05, 3.63) is 0 Å². The van der Waals surface area contributed by atoms with Gasteiger partial charge in [0.25, 0.3) is 0 Å². The molecule has 0 heterocycles. The lowest BCUT2D eigenvalue weighted by Crippen LogP contribution is -2.40. The molecule has 2 saturated carbocycles. The summed E-state index contributed by atoms with van der Waals surface area (Å²) in [6, 6.07) is 0. The van der Waals surface area contributed by atoms with Crippen molar-refractivity contribution in [2.75, 3.05) is 13.1 Å². The van der Waals surface area contributed by atoms with Crippen LogP contribution in [0.5, 0.6) is 0 Å². The molecule has 2 aliphatic rings. The minimum absolute atomic E-state index is 0.723. The third kappa shape index (κ3) is 1.15. The van der Waals surface area contributed by atoms with Gasteiger partial charge in [0.2, 0.25) is 0 Å². The Kier molecular flexibility index (Phi) is 2.37. The van der Waals surface area contributed by atoms with Gasteiger partial charge in [0.05, 0.1) is 0 Å². The molecule has 0 aromatic carbocycles. The van der Waals surface area contributed by atoms with E-state index in [2.05, 4.69) is 13.8 Å². The number of hydrogen-bond acceptors (Lipinski definition) is 2. The highest BCUT2D eigenvalue weighted by Gasteiger charge is 2.53. The van der Waals surface area contributed by atoms with Crippen molar-refractivity contribution in [3.63, 3.8) is 0 Å². The monoisotopic (exact) mass is 182 g/mol. The second-order valence-corrected chi connectivity index (χ2v) is 5.08. The van der Waals surface area contributed by atoms with Crippen molar-refractivity contribution in [1.29, 1.82) is 0 Å². The van der Waals surface area contributed by atoms with Crippen molar-refractivity contribution in [3.8, 4) is 0 Å². The van der Waals surface area contributed by atoms with Gasteiger partial charge in [-0.3, -0.25) is 0 Å². The van der Waals surface area contributed by atoms with Gasteiger partial charge in [-0.15, -0.1) is 0 Å². The molecule has 0 spiro atoms. The van der Waals surface area contributed by atoms with Gasteiger partial charge >= 0.3 is 0 Å². The van der Waals surface area contributed by atoms with E-state index >= 15 is 0 Å². The first-order valence-electron chi connectivity index (χ1n) is 5.60. The van der Waals surface area contributed by atoms with Crippen LogP contribution in [0.3, 0.4) is 0 Å². The summed E-state index contributed by atoms with van der Waals surface area (Å²) in [6.45, 7) is 6.48. The normalized spacial score (nSPS) is 54.5. The number of rotatable bonds is 2. The Hall–Kier alpha value is -0.0800. The van der Waals surface area contributed by atoms with Crippen molar-refractivity contribution in [1.82, 2.24) is 0 Å². The quantitative estimate of drug-likeness (QED) is 0.671. The first-order chi connectivity index (χ1) is 6.20. The summed E-state index contributed by atoms with van der Waals surface area (Å²) < 4.78 is 0. The zero-order valence-electron chi connectivity index (χ0n) is 8.74. The van der Waals surface area contributed by atoms with Crippen LogP contribution in [0.2, 0.25) is 0 Å². The molecular formula is C11H22N2. The summed E-state index contributed by atoms with van der Waals surface area (Å²) in [5, 5.41) is 0. The van der Waals surface area contributed by atoms with E-state index < -0.39 is 0 Å². The van der Waals surface area contributed by atoms with E-state index in [4.69, 9.17) is 11.5 Å². The first kappa shape index (κ1) is 9.47. The Labute approximate surface area is 81.1 Å². The molecule has 2 bridgehead atoms. The summed E-state index contributed by atoms with van der Waals surface area (Å²) in [6.07, 6.45) is 1.39. The smallest absolute Gasteiger partial charge is 0.00429 e. The van der Waals surface area contributed by atoms with E-state index in [1.165, 1.54) is 6.42 Å². The van der Waals surface area contributed by atoms with E-state index in [9.17, 15) is 0 Å². The topological polar surface area (TPSA) is 52.0 Å². The zero-order chi connectivity index (χ0) is 9.59. The Bertz CT molecular complexity index is 169. The highest BCUT2D eigenvalue weighted by molar-refractivity contribution is 5.02. The van der Waals surface area contributed by atoms with E-state index in [0.717, 1.165) is 48.6 Å². The highest BCUT2D eigenvalue weighted by Crippen LogP contribution is 2.57. The maximum Gasteiger partial charge on any atom is -0.00429 e. The lowest BCUT2D eigenvalue weighted by molar-refractivity contribution is 0.126. The summed E-state index contributed by atoms with van der Waals surface area (Å²) in [5.74, 6) is 4.95. The van der Waals surface area contributed by atoms with Crippen molar-refractivity contribution in [2.24, 2.45) is 47.0 Å². The van der Waals surface area contributed by atoms with Crippen LogP contribution in [-0.4, -0.2) is 13.1 Å². The third-order valence-corrected chi connectivity index (χ3v) is 4.92. The van der Waals surface area contributed by atoms with Gasteiger partial charge in [0, 0.05) is 0 Å². The van der Waals surface area contributed by atoms with Crippen LogP contribution < -0.4 is 11.5 Å². The zero-order valence-corrected chi connectivity index (χ0v) is 8.74. The van der Waals surface area contributed by atoms with E-state index in [-0.39, 0.29) is 0 Å². The number of nitrogens with two attached hydrogens (primary N) is 2. The fraction of sp³-hybridized carbons (Fsp3) is 1.00. The van der Waals surface area contributed by atoms with Crippen LogP contribution >= 0.6 is 0 Å². The molecule has 0 aliphatic heterocycles. The Morgan fingerprint density at radius 3 is 1.62 bits per heavy atom. The molecule has 4 N–H and O–H groups in total. The average Bonchev–Trinajstić information content (AvgIpc) is 2.63. The molecule has 0 amide bonds. The summed E-state index contributed by atoms with van der Waals surface area (Å²) in [5.41, 5.74) is 11.7. The van der Waals surface area contributed by atoms with Gasteiger partial charge in [0.1, 0.15) is 0 Å². The van der Waals surface area contributed by atoms with Crippen molar-refractivity contribution < 1.29 is 0 Å². The molecule has 0 aromatic heterocycles. The van der Waals surface area contributed by atoms with Crippen LogP contribution in [0.15, 0.2) is 0 Å². The molecular weight excluding hydrogens is 160 g/mol. The lowest BCUT2D eigenvalue weighted by atomic mass is 9.69. The van der Waals surface area contributed by atoms with Gasteiger partial charge in [0.15, 0.2) is 0 Å². The van der Waals surface area contributed by atoms with E-state index in [1.807, 2.05) is 0 Å². The molecule has 2 nitrogen and oxygen atoms in total. The molecule has 76 valence electrons. The summed E-state index contributed by atoms with van der Waals surface area (Å²) in [7, 11) is 0. The van der Waals surface area contributed by atoms with Crippen LogP contribution in [0, 0.1) is 35.5 Å². The molecule has 2 rings (SSSR count). The Balaban J connectivity index is 2.17. The van der Waals surface area contributed by atoms with Gasteiger partial charge in [-0.1, -0.05) is 13.8 Å².